The number of carboxylic acid groups (broad SMARTS) is 1. The van der Waals surface area contributed by atoms with Crippen molar-refractivity contribution in [2.24, 2.45) is 0 Å². The van der Waals surface area contributed by atoms with Crippen LogP contribution in [0.3, 0.4) is 0 Å². The zero-order valence-corrected chi connectivity index (χ0v) is 11.6. The average molecular weight is 267 g/mol. The fraction of sp³-hybridized carbons (Fsp3) is 0.769. The third-order valence-electron chi connectivity index (χ3n) is 3.91. The maximum Gasteiger partial charge on any atom is 0.324 e. The van der Waals surface area contributed by atoms with Crippen LogP contribution in [0, 0.1) is 0 Å². The molecule has 2 rings (SSSR count). The average Bonchev–Trinajstić information content (AvgIpc) is 2.98. The first-order valence-corrected chi connectivity index (χ1v) is 6.92. The number of carbonyl (C=O) groups is 1. The first-order chi connectivity index (χ1) is 9.12. The molecular formula is C13H21N3O3. The minimum atomic E-state index is -0.758. The molecule has 106 valence electrons. The van der Waals surface area contributed by atoms with Crippen molar-refractivity contribution in [1.82, 2.24) is 15.0 Å². The number of hydrogen-bond acceptors (Lipinski definition) is 5. The third-order valence-corrected chi connectivity index (χ3v) is 3.91. The second kappa shape index (κ2) is 5.69. The number of rotatable bonds is 6. The minimum Gasteiger partial charge on any atom is -0.480 e. The van der Waals surface area contributed by atoms with Gasteiger partial charge in [-0.15, -0.1) is 0 Å². The Kier molecular flexibility index (Phi) is 4.19. The van der Waals surface area contributed by atoms with Crippen LogP contribution < -0.4 is 0 Å². The van der Waals surface area contributed by atoms with Crippen molar-refractivity contribution in [3.05, 3.63) is 11.7 Å². The first-order valence-electron chi connectivity index (χ1n) is 6.92. The van der Waals surface area contributed by atoms with Crippen LogP contribution in [0.5, 0.6) is 0 Å². The highest BCUT2D eigenvalue weighted by molar-refractivity contribution is 5.79. The highest BCUT2D eigenvalue weighted by Crippen LogP contribution is 2.33. The molecule has 0 saturated carbocycles. The van der Waals surface area contributed by atoms with Crippen LogP contribution in [-0.4, -0.2) is 38.2 Å². The number of aromatic nitrogens is 2. The molecular weight excluding hydrogens is 246 g/mol. The lowest BCUT2D eigenvalue weighted by Crippen LogP contribution is -2.49. The van der Waals surface area contributed by atoms with Gasteiger partial charge in [0.05, 0.1) is 6.54 Å². The summed E-state index contributed by atoms with van der Waals surface area (Å²) < 4.78 is 5.14. The summed E-state index contributed by atoms with van der Waals surface area (Å²) >= 11 is 0. The minimum absolute atomic E-state index is 0.452. The van der Waals surface area contributed by atoms with Gasteiger partial charge in [-0.1, -0.05) is 19.0 Å². The van der Waals surface area contributed by atoms with Gasteiger partial charge >= 0.3 is 5.97 Å². The zero-order chi connectivity index (χ0) is 13.9. The number of carboxylic acids is 1. The van der Waals surface area contributed by atoms with Crippen LogP contribution in [0.2, 0.25) is 0 Å². The number of aryl methyl sites for hydroxylation is 1. The van der Waals surface area contributed by atoms with Crippen LogP contribution in [-0.2, 0) is 17.8 Å². The fourth-order valence-electron chi connectivity index (χ4n) is 2.80. The summed E-state index contributed by atoms with van der Waals surface area (Å²) in [5.74, 6) is 0.475. The van der Waals surface area contributed by atoms with E-state index in [1.807, 2.05) is 11.8 Å². The molecule has 1 aliphatic rings. The van der Waals surface area contributed by atoms with Gasteiger partial charge in [-0.2, -0.15) is 4.98 Å². The van der Waals surface area contributed by atoms with E-state index in [1.54, 1.807) is 0 Å². The normalized spacial score (nSPS) is 23.9. The van der Waals surface area contributed by atoms with Gasteiger partial charge in [0, 0.05) is 6.42 Å². The molecule has 6 nitrogen and oxygen atoms in total. The van der Waals surface area contributed by atoms with Crippen LogP contribution in [0.15, 0.2) is 4.52 Å². The highest BCUT2D eigenvalue weighted by atomic mass is 16.5. The molecule has 1 aromatic heterocycles. The van der Waals surface area contributed by atoms with Crippen LogP contribution in [0.25, 0.3) is 0 Å². The van der Waals surface area contributed by atoms with E-state index in [-0.39, 0.29) is 0 Å². The zero-order valence-electron chi connectivity index (χ0n) is 11.6. The Bertz CT molecular complexity index is 446. The summed E-state index contributed by atoms with van der Waals surface area (Å²) in [7, 11) is 0. The Balaban J connectivity index is 2.10. The maximum absolute atomic E-state index is 11.6. The maximum atomic E-state index is 11.6. The summed E-state index contributed by atoms with van der Waals surface area (Å²) in [4.78, 5) is 17.8. The van der Waals surface area contributed by atoms with Gasteiger partial charge < -0.3 is 9.63 Å². The molecule has 0 bridgehead atoms. The van der Waals surface area contributed by atoms with Crippen LogP contribution >= 0.6 is 0 Å². The first kappa shape index (κ1) is 14.0. The fourth-order valence-corrected chi connectivity index (χ4v) is 2.80. The van der Waals surface area contributed by atoms with E-state index in [9.17, 15) is 9.90 Å². The molecule has 1 aromatic rings. The Hall–Kier alpha value is -1.43. The molecule has 1 fully saturated rings. The summed E-state index contributed by atoms with van der Waals surface area (Å²) in [5.41, 5.74) is -0.758. The monoisotopic (exact) mass is 267 g/mol. The van der Waals surface area contributed by atoms with Crippen LogP contribution in [0.1, 0.15) is 51.2 Å². The number of aliphatic carboxylic acids is 1. The molecule has 0 spiro atoms. The molecule has 0 radical (unpaired) electrons. The Morgan fingerprint density at radius 2 is 2.32 bits per heavy atom. The van der Waals surface area contributed by atoms with Gasteiger partial charge in [0.15, 0.2) is 5.82 Å². The molecule has 1 aliphatic heterocycles. The molecule has 0 aromatic carbocycles. The molecule has 1 atom stereocenters. The van der Waals surface area contributed by atoms with Crippen molar-refractivity contribution in [3.63, 3.8) is 0 Å². The van der Waals surface area contributed by atoms with Gasteiger partial charge in [-0.05, 0) is 32.2 Å². The number of nitrogens with zero attached hydrogens (tertiary/aromatic N) is 3. The van der Waals surface area contributed by atoms with Crippen molar-refractivity contribution in [1.29, 1.82) is 0 Å². The lowest BCUT2D eigenvalue weighted by molar-refractivity contribution is -0.150. The standard InChI is InChI=1S/C13H21N3O3/c1-3-6-11-14-10(15-19-11)9-16-8-5-7-13(16,4-2)12(17)18/h3-9H2,1-2H3,(H,17,18). The van der Waals surface area contributed by atoms with E-state index in [4.69, 9.17) is 4.52 Å². The molecule has 1 N–H and O–H groups in total. The second-order valence-electron chi connectivity index (χ2n) is 5.07. The van der Waals surface area contributed by atoms with Crippen molar-refractivity contribution >= 4 is 5.97 Å². The summed E-state index contributed by atoms with van der Waals surface area (Å²) in [6, 6.07) is 0. The predicted octanol–water partition coefficient (Wildman–Crippen LogP) is 1.85. The van der Waals surface area contributed by atoms with E-state index in [2.05, 4.69) is 17.1 Å². The lowest BCUT2D eigenvalue weighted by atomic mass is 9.93. The summed E-state index contributed by atoms with van der Waals surface area (Å²) in [6.45, 7) is 5.20. The van der Waals surface area contributed by atoms with E-state index in [0.717, 1.165) is 25.8 Å². The number of hydrogen-bond donors (Lipinski definition) is 1. The van der Waals surface area contributed by atoms with E-state index in [1.165, 1.54) is 0 Å². The Morgan fingerprint density at radius 1 is 1.53 bits per heavy atom. The molecule has 2 heterocycles. The van der Waals surface area contributed by atoms with Crippen molar-refractivity contribution in [3.8, 4) is 0 Å². The SMILES string of the molecule is CCCc1nc(CN2CCCC2(CC)C(=O)O)no1. The predicted molar refractivity (Wildman–Crippen MR) is 68.6 cm³/mol. The topological polar surface area (TPSA) is 79.5 Å². The largest absolute Gasteiger partial charge is 0.480 e. The van der Waals surface area contributed by atoms with Gasteiger partial charge in [0.2, 0.25) is 5.89 Å². The smallest absolute Gasteiger partial charge is 0.324 e. The second-order valence-corrected chi connectivity index (χ2v) is 5.07. The van der Waals surface area contributed by atoms with Crippen LogP contribution in [0.4, 0.5) is 0 Å². The molecule has 6 heteroatoms. The van der Waals surface area contributed by atoms with Gasteiger partial charge in [-0.25, -0.2) is 0 Å². The molecule has 0 aliphatic carbocycles. The molecule has 0 amide bonds. The highest BCUT2D eigenvalue weighted by Gasteiger charge is 2.46. The number of likely N-dealkylation sites (tertiary alicyclic amines) is 1. The van der Waals surface area contributed by atoms with E-state index in [0.29, 0.717) is 31.1 Å². The summed E-state index contributed by atoms with van der Waals surface area (Å²) in [5, 5.41) is 13.4. The van der Waals surface area contributed by atoms with Crippen molar-refractivity contribution in [2.45, 2.75) is 58.0 Å². The Morgan fingerprint density at radius 3 is 2.95 bits per heavy atom. The van der Waals surface area contributed by atoms with Gasteiger partial charge in [0.25, 0.3) is 0 Å². The third kappa shape index (κ3) is 2.63. The van der Waals surface area contributed by atoms with Gasteiger partial charge in [0.1, 0.15) is 5.54 Å². The van der Waals surface area contributed by atoms with E-state index < -0.39 is 11.5 Å². The summed E-state index contributed by atoms with van der Waals surface area (Å²) in [6.07, 6.45) is 3.92. The molecule has 1 unspecified atom stereocenters. The van der Waals surface area contributed by atoms with Crippen molar-refractivity contribution < 1.29 is 14.4 Å². The quantitative estimate of drug-likeness (QED) is 0.847. The molecule has 1 saturated heterocycles. The Labute approximate surface area is 112 Å². The van der Waals surface area contributed by atoms with Crippen molar-refractivity contribution in [2.75, 3.05) is 6.54 Å². The van der Waals surface area contributed by atoms with Gasteiger partial charge in [-0.3, -0.25) is 9.69 Å². The lowest BCUT2D eigenvalue weighted by Gasteiger charge is -2.32. The molecule has 19 heavy (non-hydrogen) atoms. The van der Waals surface area contributed by atoms with E-state index >= 15 is 0 Å².